The van der Waals surface area contributed by atoms with E-state index in [1.807, 2.05) is 0 Å². The fourth-order valence-corrected chi connectivity index (χ4v) is 3.20. The molecule has 0 spiro atoms. The van der Waals surface area contributed by atoms with Crippen molar-refractivity contribution < 1.29 is 32.7 Å². The molecule has 0 unspecified atom stereocenters. The van der Waals surface area contributed by atoms with Crippen LogP contribution in [0.2, 0.25) is 0 Å². The molecular weight excluding hydrogens is 419 g/mol. The van der Waals surface area contributed by atoms with Gasteiger partial charge in [-0.1, -0.05) is 6.07 Å². The number of furan rings is 1. The first-order valence-corrected chi connectivity index (χ1v) is 9.59. The molecule has 2 aromatic carbocycles. The lowest BCUT2D eigenvalue weighted by Gasteiger charge is -2.11. The second-order valence-corrected chi connectivity index (χ2v) is 7.12. The summed E-state index contributed by atoms with van der Waals surface area (Å²) in [7, 11) is 0. The molecule has 3 amide bonds. The highest BCUT2D eigenvalue weighted by molar-refractivity contribution is 6.21. The maximum atomic E-state index is 13.6. The highest BCUT2D eigenvalue weighted by Crippen LogP contribution is 2.26. The maximum Gasteiger partial charge on any atom is 0.338 e. The van der Waals surface area contributed by atoms with Gasteiger partial charge in [0.05, 0.1) is 29.5 Å². The van der Waals surface area contributed by atoms with Gasteiger partial charge < -0.3 is 14.5 Å². The summed E-state index contributed by atoms with van der Waals surface area (Å²) < 4.78 is 23.7. The minimum atomic E-state index is -0.845. The molecule has 0 atom stereocenters. The lowest BCUT2D eigenvalue weighted by atomic mass is 10.1. The highest BCUT2D eigenvalue weighted by Gasteiger charge is 2.36. The Morgan fingerprint density at radius 1 is 1.06 bits per heavy atom. The summed E-state index contributed by atoms with van der Waals surface area (Å²) in [6.07, 6.45) is 1.44. The molecule has 3 aromatic rings. The van der Waals surface area contributed by atoms with Crippen molar-refractivity contribution in [2.75, 3.05) is 11.9 Å². The number of ether oxygens (including phenoxy) is 1. The monoisotopic (exact) mass is 436 g/mol. The van der Waals surface area contributed by atoms with Crippen molar-refractivity contribution in [3.05, 3.63) is 88.6 Å². The number of benzene rings is 2. The van der Waals surface area contributed by atoms with Crippen LogP contribution in [0, 0.1) is 12.7 Å². The highest BCUT2D eigenvalue weighted by atomic mass is 19.1. The van der Waals surface area contributed by atoms with Crippen LogP contribution in [0.1, 0.15) is 42.4 Å². The van der Waals surface area contributed by atoms with Crippen LogP contribution in [0.5, 0.6) is 0 Å². The Morgan fingerprint density at radius 2 is 1.84 bits per heavy atom. The average Bonchev–Trinajstić information content (AvgIpc) is 3.37. The largest absolute Gasteiger partial charge is 0.467 e. The molecule has 4 rings (SSSR count). The number of rotatable bonds is 6. The van der Waals surface area contributed by atoms with Crippen molar-refractivity contribution in [2.45, 2.75) is 13.5 Å². The quantitative estimate of drug-likeness (QED) is 0.469. The predicted molar refractivity (Wildman–Crippen MR) is 109 cm³/mol. The first-order chi connectivity index (χ1) is 15.3. The average molecular weight is 436 g/mol. The van der Waals surface area contributed by atoms with E-state index in [0.717, 1.165) is 11.0 Å². The first kappa shape index (κ1) is 21.0. The summed E-state index contributed by atoms with van der Waals surface area (Å²) >= 11 is 0. The number of nitrogens with zero attached hydrogens (tertiary/aromatic N) is 1. The number of fused-ring (bicyclic) bond motifs is 1. The molecule has 32 heavy (non-hydrogen) atoms. The van der Waals surface area contributed by atoms with E-state index in [9.17, 15) is 23.6 Å². The standard InChI is InChI=1S/C23H17FN2O6/c1-13-4-6-15(10-19(13)24)25-20(27)12-32-23(30)14-5-7-17-18(9-14)22(29)26(21(17)28)11-16-3-2-8-31-16/h2-10H,11-12H2,1H3,(H,25,27). The summed E-state index contributed by atoms with van der Waals surface area (Å²) in [5.74, 6) is -2.58. The third-order valence-corrected chi connectivity index (χ3v) is 4.89. The van der Waals surface area contributed by atoms with Gasteiger partial charge in [0, 0.05) is 5.69 Å². The van der Waals surface area contributed by atoms with E-state index in [1.165, 1.54) is 36.6 Å². The van der Waals surface area contributed by atoms with Crippen LogP contribution in [-0.4, -0.2) is 35.2 Å². The molecule has 9 heteroatoms. The third-order valence-electron chi connectivity index (χ3n) is 4.89. The molecular formula is C23H17FN2O6. The molecule has 0 aliphatic carbocycles. The molecule has 162 valence electrons. The number of nitrogens with one attached hydrogen (secondary N) is 1. The van der Waals surface area contributed by atoms with Gasteiger partial charge in [-0.3, -0.25) is 19.3 Å². The Kier molecular flexibility index (Phi) is 5.55. The lowest BCUT2D eigenvalue weighted by molar-refractivity contribution is -0.119. The van der Waals surface area contributed by atoms with Crippen LogP contribution in [0.4, 0.5) is 10.1 Å². The van der Waals surface area contributed by atoms with Crippen LogP contribution in [-0.2, 0) is 16.1 Å². The number of carbonyl (C=O) groups excluding carboxylic acids is 4. The molecule has 1 aliphatic heterocycles. The maximum absolute atomic E-state index is 13.6. The Hall–Kier alpha value is -4.27. The van der Waals surface area contributed by atoms with Crippen LogP contribution in [0.25, 0.3) is 0 Å². The fourth-order valence-electron chi connectivity index (χ4n) is 3.20. The number of aryl methyl sites for hydroxylation is 1. The van der Waals surface area contributed by atoms with E-state index in [0.29, 0.717) is 11.3 Å². The van der Waals surface area contributed by atoms with Crippen molar-refractivity contribution in [1.29, 1.82) is 0 Å². The fraction of sp³-hybridized carbons (Fsp3) is 0.130. The molecule has 1 aliphatic rings. The number of esters is 1. The number of hydrogen-bond donors (Lipinski definition) is 1. The van der Waals surface area contributed by atoms with Gasteiger partial charge in [-0.15, -0.1) is 0 Å². The summed E-state index contributed by atoms with van der Waals surface area (Å²) in [5, 5.41) is 2.43. The van der Waals surface area contributed by atoms with Crippen molar-refractivity contribution in [3.8, 4) is 0 Å². The van der Waals surface area contributed by atoms with E-state index >= 15 is 0 Å². The van der Waals surface area contributed by atoms with Crippen molar-refractivity contribution in [2.24, 2.45) is 0 Å². The Morgan fingerprint density at radius 3 is 2.56 bits per heavy atom. The van der Waals surface area contributed by atoms with Crippen LogP contribution < -0.4 is 5.32 Å². The topological polar surface area (TPSA) is 106 Å². The van der Waals surface area contributed by atoms with Gasteiger partial charge >= 0.3 is 5.97 Å². The molecule has 0 bridgehead atoms. The zero-order valence-corrected chi connectivity index (χ0v) is 16.9. The van der Waals surface area contributed by atoms with Crippen LogP contribution >= 0.6 is 0 Å². The number of hydrogen-bond acceptors (Lipinski definition) is 6. The van der Waals surface area contributed by atoms with Crippen LogP contribution in [0.3, 0.4) is 0 Å². The summed E-state index contributed by atoms with van der Waals surface area (Å²) in [6.45, 7) is 0.954. The van der Waals surface area contributed by atoms with E-state index in [1.54, 1.807) is 19.1 Å². The normalized spacial score (nSPS) is 12.6. The van der Waals surface area contributed by atoms with Crippen molar-refractivity contribution in [1.82, 2.24) is 4.90 Å². The molecule has 1 N–H and O–H groups in total. The lowest BCUT2D eigenvalue weighted by Crippen LogP contribution is -2.28. The number of carbonyl (C=O) groups is 4. The van der Waals surface area contributed by atoms with E-state index < -0.39 is 36.1 Å². The Balaban J connectivity index is 1.40. The van der Waals surface area contributed by atoms with Crippen molar-refractivity contribution in [3.63, 3.8) is 0 Å². The predicted octanol–water partition coefficient (Wildman–Crippen LogP) is 3.32. The molecule has 0 radical (unpaired) electrons. The number of amides is 3. The second-order valence-electron chi connectivity index (χ2n) is 7.12. The van der Waals surface area contributed by atoms with Gasteiger partial charge in [-0.2, -0.15) is 0 Å². The van der Waals surface area contributed by atoms with E-state index in [4.69, 9.17) is 9.15 Å². The molecule has 1 aromatic heterocycles. The summed E-state index contributed by atoms with van der Waals surface area (Å²) in [4.78, 5) is 50.5. The molecule has 8 nitrogen and oxygen atoms in total. The smallest absolute Gasteiger partial charge is 0.338 e. The second kappa shape index (κ2) is 8.46. The Labute approximate surface area is 181 Å². The molecule has 2 heterocycles. The van der Waals surface area contributed by atoms with Crippen LogP contribution in [0.15, 0.2) is 59.2 Å². The SMILES string of the molecule is Cc1ccc(NC(=O)COC(=O)c2ccc3c(c2)C(=O)N(Cc2ccco2)C3=O)cc1F. The van der Waals surface area contributed by atoms with E-state index in [-0.39, 0.29) is 28.9 Å². The van der Waals surface area contributed by atoms with Gasteiger partial charge in [-0.05, 0) is 55.0 Å². The summed E-state index contributed by atoms with van der Waals surface area (Å²) in [6, 6.07) is 11.4. The van der Waals surface area contributed by atoms with Crippen molar-refractivity contribution >= 4 is 29.4 Å². The van der Waals surface area contributed by atoms with Gasteiger partial charge in [0.1, 0.15) is 11.6 Å². The number of halogens is 1. The number of anilines is 1. The zero-order chi connectivity index (χ0) is 22.8. The third kappa shape index (κ3) is 4.13. The first-order valence-electron chi connectivity index (χ1n) is 9.59. The zero-order valence-electron chi connectivity index (χ0n) is 16.9. The minimum absolute atomic E-state index is 0.0129. The molecule has 0 saturated heterocycles. The Bertz CT molecular complexity index is 1240. The molecule has 0 fully saturated rings. The number of imide groups is 1. The summed E-state index contributed by atoms with van der Waals surface area (Å²) in [5.41, 5.74) is 0.904. The van der Waals surface area contributed by atoms with E-state index in [2.05, 4.69) is 5.32 Å². The minimum Gasteiger partial charge on any atom is -0.467 e. The van der Waals surface area contributed by atoms with Gasteiger partial charge in [0.2, 0.25) is 0 Å². The van der Waals surface area contributed by atoms with Gasteiger partial charge in [-0.25, -0.2) is 9.18 Å². The van der Waals surface area contributed by atoms with Gasteiger partial charge in [0.15, 0.2) is 6.61 Å². The van der Waals surface area contributed by atoms with Gasteiger partial charge in [0.25, 0.3) is 17.7 Å². The molecule has 0 saturated carbocycles.